The number of aryl methyl sites for hydroxylation is 2. The van der Waals surface area contributed by atoms with E-state index in [1.807, 2.05) is 63.2 Å². The first kappa shape index (κ1) is 19.4. The summed E-state index contributed by atoms with van der Waals surface area (Å²) in [6.45, 7) is 6.04. The zero-order chi connectivity index (χ0) is 20.5. The van der Waals surface area contributed by atoms with Crippen LogP contribution in [0.15, 0.2) is 76.7 Å². The van der Waals surface area contributed by atoms with Gasteiger partial charge in [0.05, 0.1) is 16.6 Å². The van der Waals surface area contributed by atoms with Gasteiger partial charge in [-0.1, -0.05) is 54.2 Å². The second kappa shape index (κ2) is 7.84. The van der Waals surface area contributed by atoms with Crippen LogP contribution in [0.3, 0.4) is 0 Å². The van der Waals surface area contributed by atoms with Crippen molar-refractivity contribution in [2.45, 2.75) is 31.2 Å². The number of benzene rings is 3. The summed E-state index contributed by atoms with van der Waals surface area (Å²) in [6.07, 6.45) is 0. The molecule has 1 heterocycles. The fraction of sp³-hybridized carbons (Fsp3) is 0.167. The maximum atomic E-state index is 13.5. The highest BCUT2D eigenvalue weighted by molar-refractivity contribution is 7.99. The monoisotopic (exact) mass is 404 g/mol. The van der Waals surface area contributed by atoms with Crippen LogP contribution in [0.25, 0.3) is 16.6 Å². The van der Waals surface area contributed by atoms with Crippen molar-refractivity contribution in [1.29, 1.82) is 0 Å². The average Bonchev–Trinajstić information content (AvgIpc) is 2.70. The zero-order valence-corrected chi connectivity index (χ0v) is 17.3. The Morgan fingerprint density at radius 1 is 0.931 bits per heavy atom. The van der Waals surface area contributed by atoms with Crippen LogP contribution in [0.1, 0.15) is 28.9 Å². The molecule has 0 fully saturated rings. The largest absolute Gasteiger partial charge is 0.268 e. The lowest BCUT2D eigenvalue weighted by molar-refractivity contribution is 0.627. The molecule has 0 amide bonds. The Balaban J connectivity index is 1.92. The van der Waals surface area contributed by atoms with Gasteiger partial charge in [0.1, 0.15) is 5.82 Å². The summed E-state index contributed by atoms with van der Waals surface area (Å²) in [7, 11) is 0. The third-order valence-corrected chi connectivity index (χ3v) is 6.14. The van der Waals surface area contributed by atoms with Gasteiger partial charge in [-0.05, 0) is 61.7 Å². The number of fused-ring (bicyclic) bond motifs is 1. The number of nitrogens with zero attached hydrogens (tertiary/aromatic N) is 2. The van der Waals surface area contributed by atoms with E-state index in [1.165, 1.54) is 23.9 Å². The molecule has 0 N–H and O–H groups in total. The molecule has 0 unspecified atom stereocenters. The second-order valence-electron chi connectivity index (χ2n) is 7.10. The first-order valence-corrected chi connectivity index (χ1v) is 10.3. The molecule has 0 bridgehead atoms. The Kier molecular flexibility index (Phi) is 5.24. The molecule has 0 saturated carbocycles. The van der Waals surface area contributed by atoms with Gasteiger partial charge in [0.25, 0.3) is 5.56 Å². The van der Waals surface area contributed by atoms with Gasteiger partial charge in [-0.15, -0.1) is 0 Å². The second-order valence-corrected chi connectivity index (χ2v) is 8.41. The van der Waals surface area contributed by atoms with Crippen molar-refractivity contribution in [1.82, 2.24) is 9.55 Å². The molecule has 29 heavy (non-hydrogen) atoms. The first-order valence-electron chi connectivity index (χ1n) is 9.46. The van der Waals surface area contributed by atoms with E-state index < -0.39 is 0 Å². The topological polar surface area (TPSA) is 34.9 Å². The smallest absolute Gasteiger partial charge is 0.266 e. The molecular weight excluding hydrogens is 383 g/mol. The van der Waals surface area contributed by atoms with E-state index in [0.29, 0.717) is 16.1 Å². The lowest BCUT2D eigenvalue weighted by Gasteiger charge is -2.19. The SMILES string of the molecule is Cc1cccc(C)c1-n1c(S[C@@H](C)c2ccc(F)cc2)nc2ccccc2c1=O. The summed E-state index contributed by atoms with van der Waals surface area (Å²) < 4.78 is 15.0. The molecule has 1 aromatic heterocycles. The van der Waals surface area contributed by atoms with Gasteiger partial charge in [-0.3, -0.25) is 9.36 Å². The fourth-order valence-electron chi connectivity index (χ4n) is 3.51. The molecule has 4 aromatic rings. The Labute approximate surface area is 173 Å². The van der Waals surface area contributed by atoms with Gasteiger partial charge in [-0.2, -0.15) is 0 Å². The van der Waals surface area contributed by atoms with Crippen LogP contribution in [-0.4, -0.2) is 9.55 Å². The summed E-state index contributed by atoms with van der Waals surface area (Å²) in [6, 6.07) is 19.9. The molecule has 0 aliphatic carbocycles. The van der Waals surface area contributed by atoms with E-state index in [9.17, 15) is 9.18 Å². The van der Waals surface area contributed by atoms with Crippen molar-refractivity contribution in [2.24, 2.45) is 0 Å². The lowest BCUT2D eigenvalue weighted by Crippen LogP contribution is -2.23. The van der Waals surface area contributed by atoms with Crippen LogP contribution in [0.5, 0.6) is 0 Å². The van der Waals surface area contributed by atoms with Crippen LogP contribution in [0.2, 0.25) is 0 Å². The standard InChI is InChI=1S/C24H21FN2OS/c1-15-7-6-8-16(2)22(15)27-23(28)20-9-4-5-10-21(20)26-24(27)29-17(3)18-11-13-19(25)14-12-18/h4-14,17H,1-3H3/t17-/m0/s1. The van der Waals surface area contributed by atoms with E-state index in [-0.39, 0.29) is 16.6 Å². The normalized spacial score (nSPS) is 12.3. The molecule has 0 spiro atoms. The van der Waals surface area contributed by atoms with Gasteiger partial charge in [-0.25, -0.2) is 9.37 Å². The summed E-state index contributed by atoms with van der Waals surface area (Å²) in [5.74, 6) is -0.262. The Hall–Kier alpha value is -2.92. The zero-order valence-electron chi connectivity index (χ0n) is 16.5. The van der Waals surface area contributed by atoms with E-state index in [1.54, 1.807) is 16.7 Å². The molecule has 0 saturated heterocycles. The van der Waals surface area contributed by atoms with Crippen molar-refractivity contribution >= 4 is 22.7 Å². The highest BCUT2D eigenvalue weighted by Crippen LogP contribution is 2.35. The lowest BCUT2D eigenvalue weighted by atomic mass is 10.1. The summed E-state index contributed by atoms with van der Waals surface area (Å²) in [5.41, 5.74) is 4.47. The minimum Gasteiger partial charge on any atom is -0.268 e. The van der Waals surface area contributed by atoms with Crippen molar-refractivity contribution in [3.05, 3.63) is 99.6 Å². The maximum Gasteiger partial charge on any atom is 0.266 e. The van der Waals surface area contributed by atoms with Gasteiger partial charge < -0.3 is 0 Å². The van der Waals surface area contributed by atoms with Crippen molar-refractivity contribution in [2.75, 3.05) is 0 Å². The van der Waals surface area contributed by atoms with E-state index >= 15 is 0 Å². The molecule has 1 atom stereocenters. The van der Waals surface area contributed by atoms with Crippen LogP contribution >= 0.6 is 11.8 Å². The highest BCUT2D eigenvalue weighted by Gasteiger charge is 2.19. The Morgan fingerprint density at radius 3 is 2.28 bits per heavy atom. The molecule has 3 aromatic carbocycles. The van der Waals surface area contributed by atoms with Crippen molar-refractivity contribution in [3.63, 3.8) is 0 Å². The number of halogens is 1. The van der Waals surface area contributed by atoms with Crippen LogP contribution in [-0.2, 0) is 0 Å². The summed E-state index contributed by atoms with van der Waals surface area (Å²) in [4.78, 5) is 18.3. The molecule has 146 valence electrons. The van der Waals surface area contributed by atoms with Gasteiger partial charge in [0.2, 0.25) is 0 Å². The molecule has 0 aliphatic heterocycles. The van der Waals surface area contributed by atoms with Gasteiger partial charge in [0, 0.05) is 5.25 Å². The van der Waals surface area contributed by atoms with Crippen LogP contribution in [0, 0.1) is 19.7 Å². The highest BCUT2D eigenvalue weighted by atomic mass is 32.2. The molecule has 0 aliphatic rings. The van der Waals surface area contributed by atoms with E-state index in [2.05, 4.69) is 0 Å². The number of thioether (sulfide) groups is 1. The number of aromatic nitrogens is 2. The van der Waals surface area contributed by atoms with E-state index in [4.69, 9.17) is 4.98 Å². The summed E-state index contributed by atoms with van der Waals surface area (Å²) >= 11 is 1.50. The summed E-state index contributed by atoms with van der Waals surface area (Å²) in [5, 5.41) is 1.22. The molecule has 5 heteroatoms. The van der Waals surface area contributed by atoms with Crippen molar-refractivity contribution < 1.29 is 4.39 Å². The quantitative estimate of drug-likeness (QED) is 0.309. The fourth-order valence-corrected chi connectivity index (χ4v) is 4.55. The third-order valence-electron chi connectivity index (χ3n) is 5.03. The Bertz CT molecular complexity index is 1230. The van der Waals surface area contributed by atoms with Crippen LogP contribution in [0.4, 0.5) is 4.39 Å². The molecular formula is C24H21FN2OS. The van der Waals surface area contributed by atoms with Gasteiger partial charge >= 0.3 is 0 Å². The molecule has 3 nitrogen and oxygen atoms in total. The molecule has 0 radical (unpaired) electrons. The van der Waals surface area contributed by atoms with Crippen LogP contribution < -0.4 is 5.56 Å². The Morgan fingerprint density at radius 2 is 1.59 bits per heavy atom. The van der Waals surface area contributed by atoms with Gasteiger partial charge in [0.15, 0.2) is 5.16 Å². The number of para-hydroxylation sites is 2. The van der Waals surface area contributed by atoms with E-state index in [0.717, 1.165) is 22.4 Å². The predicted molar refractivity (Wildman–Crippen MR) is 117 cm³/mol. The number of hydrogen-bond acceptors (Lipinski definition) is 3. The van der Waals surface area contributed by atoms with Crippen molar-refractivity contribution in [3.8, 4) is 5.69 Å². The number of hydrogen-bond donors (Lipinski definition) is 0. The minimum absolute atomic E-state index is 0.000707. The first-order chi connectivity index (χ1) is 14.0. The average molecular weight is 405 g/mol. The predicted octanol–water partition coefficient (Wildman–Crippen LogP) is 5.99. The molecule has 4 rings (SSSR count). The maximum absolute atomic E-state index is 13.5. The number of rotatable bonds is 4. The minimum atomic E-state index is -0.262. The third kappa shape index (κ3) is 3.70.